The predicted octanol–water partition coefficient (Wildman–Crippen LogP) is 1.37. The molecule has 22 heavy (non-hydrogen) atoms. The third-order valence-electron chi connectivity index (χ3n) is 3.41. The van der Waals surface area contributed by atoms with Crippen molar-refractivity contribution in [2.24, 2.45) is 11.7 Å². The summed E-state index contributed by atoms with van der Waals surface area (Å²) < 4.78 is 0. The highest BCUT2D eigenvalue weighted by Gasteiger charge is 2.25. The number of primary amides is 1. The monoisotopic (exact) mass is 296 g/mol. The lowest BCUT2D eigenvalue weighted by Gasteiger charge is -2.20. The molecule has 0 unspecified atom stereocenters. The number of hydrogen-bond donors (Lipinski definition) is 2. The van der Waals surface area contributed by atoms with E-state index in [0.29, 0.717) is 5.52 Å². The number of fused-ring (bicyclic) bond motifs is 1. The second kappa shape index (κ2) is 6.68. The van der Waals surface area contributed by atoms with Crippen molar-refractivity contribution in [1.29, 1.82) is 5.26 Å². The van der Waals surface area contributed by atoms with Crippen molar-refractivity contribution in [2.45, 2.75) is 19.4 Å². The minimum Gasteiger partial charge on any atom is -0.368 e. The molecule has 2 amide bonds. The quantitative estimate of drug-likeness (QED) is 0.868. The second-order valence-corrected chi connectivity index (χ2v) is 5.08. The zero-order chi connectivity index (χ0) is 16.1. The molecule has 0 bridgehead atoms. The van der Waals surface area contributed by atoms with Crippen molar-refractivity contribution in [3.05, 3.63) is 42.1 Å². The SMILES string of the molecule is C[C@@H](CC#N)[C@@H](NC(=O)c1ccc2ccccc2n1)C(N)=O. The minimum atomic E-state index is -0.902. The summed E-state index contributed by atoms with van der Waals surface area (Å²) in [6.45, 7) is 1.69. The zero-order valence-electron chi connectivity index (χ0n) is 12.1. The third-order valence-corrected chi connectivity index (χ3v) is 3.41. The molecule has 1 aromatic carbocycles. The summed E-state index contributed by atoms with van der Waals surface area (Å²) in [5, 5.41) is 12.2. The number of carbonyl (C=O) groups is 2. The van der Waals surface area contributed by atoms with Crippen LogP contribution in [-0.4, -0.2) is 22.8 Å². The number of rotatable bonds is 5. The maximum absolute atomic E-state index is 12.2. The predicted molar refractivity (Wildman–Crippen MR) is 81.6 cm³/mol. The Hall–Kier alpha value is -2.94. The molecule has 112 valence electrons. The van der Waals surface area contributed by atoms with Gasteiger partial charge in [-0.05, 0) is 18.1 Å². The Morgan fingerprint density at radius 3 is 2.73 bits per heavy atom. The fourth-order valence-corrected chi connectivity index (χ4v) is 2.16. The number of pyridine rings is 1. The van der Waals surface area contributed by atoms with Crippen LogP contribution in [0.2, 0.25) is 0 Å². The smallest absolute Gasteiger partial charge is 0.270 e. The number of para-hydroxylation sites is 1. The lowest BCUT2D eigenvalue weighted by molar-refractivity contribution is -0.120. The van der Waals surface area contributed by atoms with E-state index < -0.39 is 17.9 Å². The van der Waals surface area contributed by atoms with Gasteiger partial charge in [0, 0.05) is 11.8 Å². The van der Waals surface area contributed by atoms with Crippen molar-refractivity contribution in [1.82, 2.24) is 10.3 Å². The molecular formula is C16H16N4O2. The van der Waals surface area contributed by atoms with Crippen molar-refractivity contribution in [3.8, 4) is 6.07 Å². The van der Waals surface area contributed by atoms with Gasteiger partial charge in [-0.1, -0.05) is 31.2 Å². The Bertz CT molecular complexity index is 751. The van der Waals surface area contributed by atoms with Crippen molar-refractivity contribution in [3.63, 3.8) is 0 Å². The van der Waals surface area contributed by atoms with E-state index in [4.69, 9.17) is 11.0 Å². The van der Waals surface area contributed by atoms with Gasteiger partial charge in [0.1, 0.15) is 11.7 Å². The number of hydrogen-bond acceptors (Lipinski definition) is 4. The molecule has 0 aliphatic heterocycles. The zero-order valence-corrected chi connectivity index (χ0v) is 12.1. The average Bonchev–Trinajstić information content (AvgIpc) is 2.51. The first-order valence-corrected chi connectivity index (χ1v) is 6.86. The molecule has 1 heterocycles. The summed E-state index contributed by atoms with van der Waals surface area (Å²) in [5.74, 6) is -1.52. The van der Waals surface area contributed by atoms with Crippen molar-refractivity contribution < 1.29 is 9.59 Å². The molecule has 2 aromatic rings. The van der Waals surface area contributed by atoms with Crippen LogP contribution in [0.1, 0.15) is 23.8 Å². The second-order valence-electron chi connectivity index (χ2n) is 5.08. The van der Waals surface area contributed by atoms with Crippen LogP contribution in [0.3, 0.4) is 0 Å². The molecular weight excluding hydrogens is 280 g/mol. The van der Waals surface area contributed by atoms with Crippen molar-refractivity contribution >= 4 is 22.7 Å². The van der Waals surface area contributed by atoms with Gasteiger partial charge < -0.3 is 11.1 Å². The molecule has 6 heteroatoms. The van der Waals surface area contributed by atoms with Gasteiger partial charge in [-0.2, -0.15) is 5.26 Å². The summed E-state index contributed by atoms with van der Waals surface area (Å²) in [6, 6.07) is 11.9. The van der Waals surface area contributed by atoms with Crippen LogP contribution in [0.5, 0.6) is 0 Å². The Morgan fingerprint density at radius 1 is 1.32 bits per heavy atom. The number of amides is 2. The Morgan fingerprint density at radius 2 is 2.05 bits per heavy atom. The fourth-order valence-electron chi connectivity index (χ4n) is 2.16. The molecule has 1 aromatic heterocycles. The first-order chi connectivity index (χ1) is 10.5. The maximum Gasteiger partial charge on any atom is 0.270 e. The number of benzene rings is 1. The molecule has 6 nitrogen and oxygen atoms in total. The van der Waals surface area contributed by atoms with Crippen LogP contribution in [0, 0.1) is 17.2 Å². The third kappa shape index (κ3) is 3.38. The van der Waals surface area contributed by atoms with E-state index in [2.05, 4.69) is 10.3 Å². The molecule has 0 radical (unpaired) electrons. The fraction of sp³-hybridized carbons (Fsp3) is 0.250. The largest absolute Gasteiger partial charge is 0.368 e. The topological polar surface area (TPSA) is 109 Å². The van der Waals surface area contributed by atoms with Crippen LogP contribution in [0.25, 0.3) is 10.9 Å². The Kier molecular flexibility index (Phi) is 4.69. The molecule has 2 rings (SSSR count). The molecule has 3 N–H and O–H groups in total. The van der Waals surface area contributed by atoms with Crippen LogP contribution < -0.4 is 11.1 Å². The van der Waals surface area contributed by atoms with E-state index in [9.17, 15) is 9.59 Å². The van der Waals surface area contributed by atoms with Crippen LogP contribution in [0.4, 0.5) is 0 Å². The lowest BCUT2D eigenvalue weighted by Crippen LogP contribution is -2.48. The highest BCUT2D eigenvalue weighted by Crippen LogP contribution is 2.13. The Balaban J connectivity index is 2.21. The summed E-state index contributed by atoms with van der Waals surface area (Å²) in [4.78, 5) is 28.0. The number of nitrogens with two attached hydrogens (primary N) is 1. The van der Waals surface area contributed by atoms with Gasteiger partial charge in [-0.3, -0.25) is 9.59 Å². The van der Waals surface area contributed by atoms with E-state index in [1.54, 1.807) is 25.1 Å². The van der Waals surface area contributed by atoms with E-state index in [-0.39, 0.29) is 18.0 Å². The maximum atomic E-state index is 12.2. The molecule has 0 aliphatic carbocycles. The minimum absolute atomic E-state index is 0.124. The van der Waals surface area contributed by atoms with E-state index in [0.717, 1.165) is 5.39 Å². The molecule has 0 aliphatic rings. The highest BCUT2D eigenvalue weighted by molar-refractivity contribution is 5.97. The van der Waals surface area contributed by atoms with Gasteiger partial charge in [0.05, 0.1) is 11.6 Å². The lowest BCUT2D eigenvalue weighted by atomic mass is 9.98. The van der Waals surface area contributed by atoms with E-state index in [1.165, 1.54) is 0 Å². The number of nitrogens with zero attached hydrogens (tertiary/aromatic N) is 2. The van der Waals surface area contributed by atoms with Gasteiger partial charge in [-0.15, -0.1) is 0 Å². The molecule has 0 saturated heterocycles. The molecule has 2 atom stereocenters. The number of aromatic nitrogens is 1. The number of nitrogens with one attached hydrogen (secondary N) is 1. The van der Waals surface area contributed by atoms with Gasteiger partial charge >= 0.3 is 0 Å². The molecule has 0 spiro atoms. The standard InChI is InChI=1S/C16H16N4O2/c1-10(8-9-17)14(15(18)21)20-16(22)13-7-6-11-4-2-3-5-12(11)19-13/h2-7,10,14H,8H2,1H3,(H2,18,21)(H,20,22)/t10-,14+/m0/s1. The van der Waals surface area contributed by atoms with Crippen LogP contribution >= 0.6 is 0 Å². The van der Waals surface area contributed by atoms with Gasteiger partial charge in [0.25, 0.3) is 5.91 Å². The Labute approximate surface area is 127 Å². The summed E-state index contributed by atoms with van der Waals surface area (Å²) in [6.07, 6.45) is 0.124. The van der Waals surface area contributed by atoms with Gasteiger partial charge in [0.15, 0.2) is 0 Å². The average molecular weight is 296 g/mol. The summed E-state index contributed by atoms with van der Waals surface area (Å²) in [5.41, 5.74) is 6.19. The van der Waals surface area contributed by atoms with Crippen LogP contribution in [-0.2, 0) is 4.79 Å². The van der Waals surface area contributed by atoms with Gasteiger partial charge in [-0.25, -0.2) is 4.98 Å². The highest BCUT2D eigenvalue weighted by atomic mass is 16.2. The van der Waals surface area contributed by atoms with E-state index in [1.807, 2.05) is 24.3 Å². The molecule has 0 saturated carbocycles. The van der Waals surface area contributed by atoms with E-state index >= 15 is 0 Å². The number of carbonyl (C=O) groups excluding carboxylic acids is 2. The van der Waals surface area contributed by atoms with Gasteiger partial charge in [0.2, 0.25) is 5.91 Å². The van der Waals surface area contributed by atoms with Crippen LogP contribution in [0.15, 0.2) is 36.4 Å². The first-order valence-electron chi connectivity index (χ1n) is 6.86. The summed E-state index contributed by atoms with van der Waals surface area (Å²) in [7, 11) is 0. The summed E-state index contributed by atoms with van der Waals surface area (Å²) >= 11 is 0. The normalized spacial score (nSPS) is 13.1. The molecule has 0 fully saturated rings. The van der Waals surface area contributed by atoms with Crippen molar-refractivity contribution in [2.75, 3.05) is 0 Å². The first kappa shape index (κ1) is 15.4. The number of nitriles is 1.